The maximum atomic E-state index is 15.2. The van der Waals surface area contributed by atoms with Gasteiger partial charge < -0.3 is 14.6 Å². The molecule has 0 radical (unpaired) electrons. The Hall–Kier alpha value is -3.11. The SMILES string of the molecule is C=CC(=O)N1CCn2c(nc(C(F)(F)F)c2-c2cc(F)c(-c3c(F)ccc(Cl)c3O)c(Cl)c2)C1. The first-order chi connectivity index (χ1) is 15.9. The smallest absolute Gasteiger partial charge is 0.435 e. The lowest BCUT2D eigenvalue weighted by molar-refractivity contribution is -0.140. The predicted octanol–water partition coefficient (Wildman–Crippen LogP) is 6.05. The molecule has 1 aromatic heterocycles. The number of carbonyl (C=O) groups is 1. The van der Waals surface area contributed by atoms with E-state index in [1.807, 2.05) is 0 Å². The second-order valence-corrected chi connectivity index (χ2v) is 8.22. The van der Waals surface area contributed by atoms with E-state index in [1.165, 1.54) is 9.47 Å². The Labute approximate surface area is 199 Å². The van der Waals surface area contributed by atoms with Gasteiger partial charge in [-0.3, -0.25) is 4.79 Å². The lowest BCUT2D eigenvalue weighted by Crippen LogP contribution is -2.37. The summed E-state index contributed by atoms with van der Waals surface area (Å²) < 4.78 is 72.3. The standard InChI is InChI=1S/C22H14Cl2F5N3O2/c1-2-16(33)31-5-6-32-15(9-31)30-21(22(27,28)29)19(32)10-7-12(24)17(14(26)8-10)18-13(25)4-3-11(23)20(18)34/h2-4,7-8,34H,1,5-6,9H2. The van der Waals surface area contributed by atoms with Gasteiger partial charge in [0.05, 0.1) is 27.8 Å². The molecule has 0 saturated carbocycles. The molecule has 2 aromatic carbocycles. The third kappa shape index (κ3) is 4.01. The number of hydrogen-bond acceptors (Lipinski definition) is 3. The van der Waals surface area contributed by atoms with Crippen LogP contribution in [0, 0.1) is 11.6 Å². The number of aromatic nitrogens is 2. The minimum absolute atomic E-state index is 0.0436. The average Bonchev–Trinajstić information content (AvgIpc) is 3.17. The summed E-state index contributed by atoms with van der Waals surface area (Å²) in [5.41, 5.74) is -3.17. The predicted molar refractivity (Wildman–Crippen MR) is 115 cm³/mol. The molecule has 1 aliphatic rings. The normalized spacial score (nSPS) is 13.7. The Morgan fingerprint density at radius 3 is 2.41 bits per heavy atom. The molecule has 2 heterocycles. The van der Waals surface area contributed by atoms with Crippen LogP contribution in [0.5, 0.6) is 5.75 Å². The number of fused-ring (bicyclic) bond motifs is 1. The zero-order chi connectivity index (χ0) is 24.9. The van der Waals surface area contributed by atoms with Crippen LogP contribution in [0.25, 0.3) is 22.4 Å². The van der Waals surface area contributed by atoms with E-state index in [2.05, 4.69) is 11.6 Å². The molecule has 178 valence electrons. The van der Waals surface area contributed by atoms with Gasteiger partial charge in [-0.25, -0.2) is 13.8 Å². The molecule has 0 fully saturated rings. The fraction of sp³-hybridized carbons (Fsp3) is 0.182. The maximum Gasteiger partial charge on any atom is 0.435 e. The lowest BCUT2D eigenvalue weighted by atomic mass is 9.99. The molecule has 5 nitrogen and oxygen atoms in total. The number of phenols is 1. The van der Waals surface area contributed by atoms with E-state index in [4.69, 9.17) is 23.2 Å². The van der Waals surface area contributed by atoms with Crippen molar-refractivity contribution in [3.8, 4) is 28.1 Å². The van der Waals surface area contributed by atoms with Crippen LogP contribution in [0.1, 0.15) is 11.5 Å². The number of carbonyl (C=O) groups excluding carboxylic acids is 1. The molecule has 0 unspecified atom stereocenters. The van der Waals surface area contributed by atoms with Crippen molar-refractivity contribution in [3.63, 3.8) is 0 Å². The molecule has 0 spiro atoms. The van der Waals surface area contributed by atoms with Gasteiger partial charge in [0, 0.05) is 24.2 Å². The third-order valence-electron chi connectivity index (χ3n) is 5.37. The first-order valence-electron chi connectivity index (χ1n) is 9.68. The first-order valence-corrected chi connectivity index (χ1v) is 10.4. The van der Waals surface area contributed by atoms with Gasteiger partial charge in [-0.1, -0.05) is 29.8 Å². The number of hydrogen-bond donors (Lipinski definition) is 1. The number of rotatable bonds is 3. The van der Waals surface area contributed by atoms with Crippen molar-refractivity contribution in [1.82, 2.24) is 14.5 Å². The van der Waals surface area contributed by atoms with Crippen molar-refractivity contribution >= 4 is 29.1 Å². The van der Waals surface area contributed by atoms with Crippen molar-refractivity contribution in [1.29, 1.82) is 0 Å². The van der Waals surface area contributed by atoms with Crippen LogP contribution < -0.4 is 0 Å². The topological polar surface area (TPSA) is 58.4 Å². The highest BCUT2D eigenvalue weighted by atomic mass is 35.5. The Kier molecular flexibility index (Phi) is 6.07. The summed E-state index contributed by atoms with van der Waals surface area (Å²) in [6.45, 7) is 3.19. The van der Waals surface area contributed by atoms with Crippen LogP contribution >= 0.6 is 23.2 Å². The molecular weight excluding hydrogens is 504 g/mol. The second-order valence-electron chi connectivity index (χ2n) is 7.41. The fourth-order valence-corrected chi connectivity index (χ4v) is 4.33. The van der Waals surface area contributed by atoms with E-state index in [0.29, 0.717) is 0 Å². The van der Waals surface area contributed by atoms with Crippen LogP contribution in [-0.2, 0) is 24.1 Å². The molecule has 34 heavy (non-hydrogen) atoms. The van der Waals surface area contributed by atoms with Crippen molar-refractivity contribution in [2.45, 2.75) is 19.3 Å². The van der Waals surface area contributed by atoms with Crippen molar-refractivity contribution in [2.75, 3.05) is 6.54 Å². The lowest BCUT2D eigenvalue weighted by Gasteiger charge is -2.27. The van der Waals surface area contributed by atoms with Crippen LogP contribution in [0.3, 0.4) is 0 Å². The molecule has 1 N–H and O–H groups in total. The monoisotopic (exact) mass is 517 g/mol. The summed E-state index contributed by atoms with van der Waals surface area (Å²) in [4.78, 5) is 16.8. The van der Waals surface area contributed by atoms with Gasteiger partial charge in [-0.2, -0.15) is 13.2 Å². The van der Waals surface area contributed by atoms with E-state index in [1.54, 1.807) is 0 Å². The quantitative estimate of drug-likeness (QED) is 0.339. The van der Waals surface area contributed by atoms with Gasteiger partial charge in [-0.15, -0.1) is 0 Å². The minimum Gasteiger partial charge on any atom is -0.506 e. The minimum atomic E-state index is -4.90. The zero-order valence-corrected chi connectivity index (χ0v) is 18.6. The van der Waals surface area contributed by atoms with Crippen molar-refractivity contribution < 1.29 is 31.9 Å². The summed E-state index contributed by atoms with van der Waals surface area (Å²) in [5.74, 6) is -3.49. The van der Waals surface area contributed by atoms with E-state index in [9.17, 15) is 27.5 Å². The summed E-state index contributed by atoms with van der Waals surface area (Å²) >= 11 is 12.0. The molecular formula is C22H14Cl2F5N3O2. The van der Waals surface area contributed by atoms with Crippen LogP contribution in [0.2, 0.25) is 10.0 Å². The molecule has 4 rings (SSSR count). The van der Waals surface area contributed by atoms with Gasteiger partial charge in [-0.05, 0) is 30.3 Å². The number of benzene rings is 2. The summed E-state index contributed by atoms with van der Waals surface area (Å²) in [7, 11) is 0. The highest BCUT2D eigenvalue weighted by molar-refractivity contribution is 6.35. The number of aromatic hydroxyl groups is 1. The number of nitrogens with zero attached hydrogens (tertiary/aromatic N) is 3. The molecule has 0 aliphatic carbocycles. The number of halogens is 7. The second kappa shape index (κ2) is 8.59. The van der Waals surface area contributed by atoms with Gasteiger partial charge in [0.25, 0.3) is 0 Å². The molecule has 0 bridgehead atoms. The van der Waals surface area contributed by atoms with Gasteiger partial charge in [0.15, 0.2) is 5.69 Å². The Bertz CT molecular complexity index is 1310. The summed E-state index contributed by atoms with van der Waals surface area (Å²) in [6.07, 6.45) is -3.85. The van der Waals surface area contributed by atoms with E-state index < -0.39 is 57.0 Å². The zero-order valence-electron chi connectivity index (χ0n) is 17.1. The molecule has 0 saturated heterocycles. The number of phenolic OH excluding ortho intramolecular Hbond substituents is 1. The largest absolute Gasteiger partial charge is 0.506 e. The van der Waals surface area contributed by atoms with Gasteiger partial charge in [0.2, 0.25) is 5.91 Å². The summed E-state index contributed by atoms with van der Waals surface area (Å²) in [6, 6.07) is 3.74. The van der Waals surface area contributed by atoms with Crippen LogP contribution in [0.4, 0.5) is 22.0 Å². The number of imidazole rings is 1. The fourth-order valence-electron chi connectivity index (χ4n) is 3.87. The van der Waals surface area contributed by atoms with Crippen LogP contribution in [0.15, 0.2) is 36.9 Å². The van der Waals surface area contributed by atoms with Crippen molar-refractivity contribution in [2.24, 2.45) is 0 Å². The molecule has 12 heteroatoms. The molecule has 1 amide bonds. The molecule has 3 aromatic rings. The summed E-state index contributed by atoms with van der Waals surface area (Å²) in [5, 5.41) is 9.42. The van der Waals surface area contributed by atoms with Gasteiger partial charge in [0.1, 0.15) is 23.2 Å². The van der Waals surface area contributed by atoms with Gasteiger partial charge >= 0.3 is 6.18 Å². The average molecular weight is 518 g/mol. The molecule has 1 aliphatic heterocycles. The highest BCUT2D eigenvalue weighted by Gasteiger charge is 2.41. The number of amides is 1. The third-order valence-corrected chi connectivity index (χ3v) is 5.97. The first kappa shape index (κ1) is 24.0. The number of alkyl halides is 3. The maximum absolute atomic E-state index is 15.2. The van der Waals surface area contributed by atoms with Crippen LogP contribution in [-0.4, -0.2) is 32.0 Å². The Balaban J connectivity index is 1.90. The van der Waals surface area contributed by atoms with E-state index in [0.717, 1.165) is 30.3 Å². The highest BCUT2D eigenvalue weighted by Crippen LogP contribution is 2.45. The Morgan fingerprint density at radius 2 is 1.79 bits per heavy atom. The molecule has 0 atom stereocenters. The van der Waals surface area contributed by atoms with E-state index in [-0.39, 0.29) is 36.0 Å². The van der Waals surface area contributed by atoms with E-state index >= 15 is 4.39 Å². The van der Waals surface area contributed by atoms with Crippen molar-refractivity contribution in [3.05, 3.63) is 70.1 Å². The Morgan fingerprint density at radius 1 is 1.09 bits per heavy atom.